The monoisotopic (exact) mass is 499 g/mol. The van der Waals surface area contributed by atoms with Crippen LogP contribution in [0.15, 0.2) is 71.5 Å². The van der Waals surface area contributed by atoms with Crippen LogP contribution >= 0.6 is 0 Å². The number of nitrogens with zero attached hydrogens (tertiary/aromatic N) is 2. The Bertz CT molecular complexity index is 1530. The number of aromatic nitrogens is 2. The molecule has 0 spiro atoms. The Balaban J connectivity index is 1.27. The van der Waals surface area contributed by atoms with E-state index in [0.717, 1.165) is 15.9 Å². The second kappa shape index (κ2) is 10.1. The molecular weight excluding hydrogens is 474 g/mol. The minimum Gasteiger partial charge on any atom is -0.493 e. The van der Waals surface area contributed by atoms with Gasteiger partial charge in [0.2, 0.25) is 0 Å². The number of aryl methyl sites for hydroxylation is 1. The summed E-state index contributed by atoms with van der Waals surface area (Å²) in [7, 11) is 0. The number of carbonyl (C=O) groups is 3. The molecule has 3 aromatic carbocycles. The molecule has 0 aliphatic carbocycles. The van der Waals surface area contributed by atoms with Crippen molar-refractivity contribution in [2.75, 3.05) is 13.2 Å². The maximum absolute atomic E-state index is 13.0. The van der Waals surface area contributed by atoms with Gasteiger partial charge >= 0.3 is 11.7 Å². The van der Waals surface area contributed by atoms with Gasteiger partial charge in [0, 0.05) is 6.54 Å². The van der Waals surface area contributed by atoms with Gasteiger partial charge in [0.15, 0.2) is 0 Å². The Morgan fingerprint density at radius 1 is 0.919 bits per heavy atom. The van der Waals surface area contributed by atoms with E-state index in [9.17, 15) is 19.2 Å². The van der Waals surface area contributed by atoms with E-state index in [1.165, 1.54) is 0 Å². The fraction of sp³-hybridized carbons (Fsp3) is 0.214. The predicted octanol–water partition coefficient (Wildman–Crippen LogP) is 3.77. The largest absolute Gasteiger partial charge is 0.493 e. The molecule has 2 amide bonds. The highest BCUT2D eigenvalue weighted by molar-refractivity contribution is 6.21. The Hall–Kier alpha value is -4.66. The number of hydrogen-bond donors (Lipinski definition) is 1. The Kier molecular flexibility index (Phi) is 6.59. The number of esters is 1. The van der Waals surface area contributed by atoms with Crippen LogP contribution in [0.25, 0.3) is 11.0 Å². The van der Waals surface area contributed by atoms with E-state index in [-0.39, 0.29) is 36.2 Å². The SMILES string of the molecule is CCOc1ccc(CN2C(=O)c3ccccc3C2=O)cc1C(=O)OCCCn1c(=O)[nH]c2ccccc21. The van der Waals surface area contributed by atoms with Gasteiger partial charge in [0.05, 0.1) is 41.9 Å². The lowest BCUT2D eigenvalue weighted by Gasteiger charge is -2.16. The summed E-state index contributed by atoms with van der Waals surface area (Å²) in [4.78, 5) is 54.6. The van der Waals surface area contributed by atoms with Gasteiger partial charge in [-0.05, 0) is 55.3 Å². The lowest BCUT2D eigenvalue weighted by Crippen LogP contribution is -2.29. The topological polar surface area (TPSA) is 111 Å². The zero-order valence-electron chi connectivity index (χ0n) is 20.2. The van der Waals surface area contributed by atoms with Gasteiger partial charge in [-0.2, -0.15) is 0 Å². The lowest BCUT2D eigenvalue weighted by molar-refractivity contribution is 0.0491. The molecule has 0 radical (unpaired) electrons. The molecule has 1 N–H and O–H groups in total. The van der Waals surface area contributed by atoms with Gasteiger partial charge in [0.25, 0.3) is 11.8 Å². The maximum Gasteiger partial charge on any atom is 0.341 e. The van der Waals surface area contributed by atoms with Gasteiger partial charge in [-0.3, -0.25) is 19.1 Å². The zero-order valence-corrected chi connectivity index (χ0v) is 20.2. The van der Waals surface area contributed by atoms with Gasteiger partial charge in [-0.25, -0.2) is 9.59 Å². The summed E-state index contributed by atoms with van der Waals surface area (Å²) in [5.41, 5.74) is 2.86. The second-order valence-corrected chi connectivity index (χ2v) is 8.59. The van der Waals surface area contributed by atoms with Crippen molar-refractivity contribution in [2.45, 2.75) is 26.4 Å². The Morgan fingerprint density at radius 2 is 1.62 bits per heavy atom. The number of H-pyrrole nitrogens is 1. The molecule has 0 fully saturated rings. The zero-order chi connectivity index (χ0) is 25.9. The molecule has 0 bridgehead atoms. The highest BCUT2D eigenvalue weighted by atomic mass is 16.5. The van der Waals surface area contributed by atoms with E-state index < -0.39 is 5.97 Å². The number of benzene rings is 3. The number of fused-ring (bicyclic) bond motifs is 2. The van der Waals surface area contributed by atoms with E-state index in [2.05, 4.69) is 4.98 Å². The molecule has 1 aromatic heterocycles. The third-order valence-electron chi connectivity index (χ3n) is 6.22. The van der Waals surface area contributed by atoms with Crippen molar-refractivity contribution >= 4 is 28.8 Å². The molecule has 1 aliphatic heterocycles. The first kappa shape index (κ1) is 24.1. The number of nitrogens with one attached hydrogen (secondary N) is 1. The maximum atomic E-state index is 13.0. The van der Waals surface area contributed by atoms with Crippen LogP contribution in [0, 0.1) is 0 Å². The highest BCUT2D eigenvalue weighted by Crippen LogP contribution is 2.27. The van der Waals surface area contributed by atoms with Crippen molar-refractivity contribution in [3.8, 4) is 5.75 Å². The minimum absolute atomic E-state index is 0.0164. The van der Waals surface area contributed by atoms with Gasteiger partial charge in [-0.1, -0.05) is 30.3 Å². The van der Waals surface area contributed by atoms with Crippen molar-refractivity contribution in [1.29, 1.82) is 0 Å². The van der Waals surface area contributed by atoms with E-state index in [1.54, 1.807) is 54.0 Å². The standard InChI is InChI=1S/C28H25N3O6/c1-2-36-24-13-12-18(17-31-25(32)19-8-3-4-9-20(19)26(31)33)16-21(24)27(34)37-15-7-14-30-23-11-6-5-10-22(23)29-28(30)35/h3-6,8-13,16H,2,7,14-15,17H2,1H3,(H,29,35). The number of rotatable bonds is 9. The molecule has 0 saturated heterocycles. The Labute approximate surface area is 212 Å². The molecule has 188 valence electrons. The van der Waals surface area contributed by atoms with Crippen LogP contribution in [-0.4, -0.2) is 45.4 Å². The van der Waals surface area contributed by atoms with Crippen molar-refractivity contribution in [2.24, 2.45) is 0 Å². The summed E-state index contributed by atoms with van der Waals surface area (Å²) >= 11 is 0. The molecule has 9 nitrogen and oxygen atoms in total. The van der Waals surface area contributed by atoms with Gasteiger partial charge in [-0.15, -0.1) is 0 Å². The lowest BCUT2D eigenvalue weighted by atomic mass is 10.1. The molecule has 5 rings (SSSR count). The summed E-state index contributed by atoms with van der Waals surface area (Å²) < 4.78 is 12.7. The molecule has 37 heavy (non-hydrogen) atoms. The molecule has 0 atom stereocenters. The van der Waals surface area contributed by atoms with Crippen molar-refractivity contribution in [1.82, 2.24) is 14.5 Å². The number of hydrogen-bond acceptors (Lipinski definition) is 6. The van der Waals surface area contributed by atoms with Gasteiger partial charge in [0.1, 0.15) is 11.3 Å². The average molecular weight is 500 g/mol. The molecular formula is C28H25N3O6. The summed E-state index contributed by atoms with van der Waals surface area (Å²) in [5, 5.41) is 0. The molecule has 2 heterocycles. The number of imide groups is 1. The molecule has 4 aromatic rings. The summed E-state index contributed by atoms with van der Waals surface area (Å²) in [6.45, 7) is 2.65. The van der Waals surface area contributed by atoms with Crippen LogP contribution in [0.2, 0.25) is 0 Å². The summed E-state index contributed by atoms with van der Waals surface area (Å²) in [5.74, 6) is -0.970. The summed E-state index contributed by atoms with van der Waals surface area (Å²) in [6.07, 6.45) is 0.437. The minimum atomic E-state index is -0.584. The number of para-hydroxylation sites is 2. The first-order chi connectivity index (χ1) is 18.0. The van der Waals surface area contributed by atoms with Crippen molar-refractivity contribution < 1.29 is 23.9 Å². The quantitative estimate of drug-likeness (QED) is 0.213. The van der Waals surface area contributed by atoms with Gasteiger partial charge < -0.3 is 14.5 Å². The highest BCUT2D eigenvalue weighted by Gasteiger charge is 2.35. The van der Waals surface area contributed by atoms with E-state index in [1.807, 2.05) is 24.3 Å². The van der Waals surface area contributed by atoms with E-state index in [0.29, 0.717) is 42.0 Å². The molecule has 1 aliphatic rings. The van der Waals surface area contributed by atoms with E-state index in [4.69, 9.17) is 9.47 Å². The number of amides is 2. The fourth-order valence-corrected chi connectivity index (χ4v) is 4.48. The normalized spacial score (nSPS) is 12.7. The van der Waals surface area contributed by atoms with Crippen molar-refractivity contribution in [3.63, 3.8) is 0 Å². The first-order valence-electron chi connectivity index (χ1n) is 12.0. The predicted molar refractivity (Wildman–Crippen MR) is 136 cm³/mol. The summed E-state index contributed by atoms with van der Waals surface area (Å²) in [6, 6.07) is 19.0. The van der Waals surface area contributed by atoms with Crippen LogP contribution in [0.1, 0.15) is 50.0 Å². The van der Waals surface area contributed by atoms with Crippen LogP contribution in [-0.2, 0) is 17.8 Å². The van der Waals surface area contributed by atoms with Crippen LogP contribution in [0.3, 0.4) is 0 Å². The van der Waals surface area contributed by atoms with Crippen molar-refractivity contribution in [3.05, 3.63) is 99.5 Å². The number of ether oxygens (including phenoxy) is 2. The number of carbonyl (C=O) groups excluding carboxylic acids is 3. The smallest absolute Gasteiger partial charge is 0.341 e. The van der Waals surface area contributed by atoms with Crippen LogP contribution < -0.4 is 10.4 Å². The number of aromatic amines is 1. The third kappa shape index (κ3) is 4.63. The molecule has 9 heteroatoms. The number of imidazole rings is 1. The molecule has 0 unspecified atom stereocenters. The first-order valence-corrected chi connectivity index (χ1v) is 12.0. The Morgan fingerprint density at radius 3 is 2.35 bits per heavy atom. The van der Waals surface area contributed by atoms with Crippen LogP contribution in [0.5, 0.6) is 5.75 Å². The fourth-order valence-electron chi connectivity index (χ4n) is 4.48. The molecule has 0 saturated carbocycles. The average Bonchev–Trinajstić information content (AvgIpc) is 3.35. The van der Waals surface area contributed by atoms with E-state index >= 15 is 0 Å². The second-order valence-electron chi connectivity index (χ2n) is 8.59. The van der Waals surface area contributed by atoms with Crippen LogP contribution in [0.4, 0.5) is 0 Å². The third-order valence-corrected chi connectivity index (χ3v) is 6.22.